The van der Waals surface area contributed by atoms with Crippen molar-refractivity contribution >= 4 is 23.2 Å². The van der Waals surface area contributed by atoms with Crippen molar-refractivity contribution in [3.8, 4) is 11.8 Å². The molecule has 0 fully saturated rings. The molecule has 68 valence electrons. The van der Waals surface area contributed by atoms with Gasteiger partial charge in [0.15, 0.2) is 0 Å². The first kappa shape index (κ1) is 10.4. The first-order valence-electron chi connectivity index (χ1n) is 3.82. The quantitative estimate of drug-likeness (QED) is 0.708. The average Bonchev–Trinajstić information content (AvgIpc) is 2.11. The summed E-state index contributed by atoms with van der Waals surface area (Å²) >= 11 is 11.7. The first-order valence-corrected chi connectivity index (χ1v) is 4.58. The Morgan fingerprint density at radius 2 is 2.15 bits per heavy atom. The maximum absolute atomic E-state index is 5.89. The molecule has 0 bridgehead atoms. The second kappa shape index (κ2) is 5.14. The molecular formula is C10H9Cl2N. The highest BCUT2D eigenvalue weighted by Gasteiger charge is 1.96. The van der Waals surface area contributed by atoms with Crippen LogP contribution >= 0.6 is 23.2 Å². The fourth-order valence-corrected chi connectivity index (χ4v) is 1.16. The predicted octanol–water partition coefficient (Wildman–Crippen LogP) is 2.56. The molecule has 0 radical (unpaired) electrons. The van der Waals surface area contributed by atoms with Gasteiger partial charge in [-0.3, -0.25) is 0 Å². The number of hydrogen-bond acceptors (Lipinski definition) is 1. The van der Waals surface area contributed by atoms with Gasteiger partial charge in [-0.05, 0) is 25.2 Å². The summed E-state index contributed by atoms with van der Waals surface area (Å²) in [5, 5.41) is 4.21. The molecule has 0 unspecified atom stereocenters. The lowest BCUT2D eigenvalue weighted by Crippen LogP contribution is -2.04. The van der Waals surface area contributed by atoms with Crippen molar-refractivity contribution in [2.45, 2.75) is 0 Å². The Morgan fingerprint density at radius 3 is 2.85 bits per heavy atom. The van der Waals surface area contributed by atoms with Crippen LogP contribution in [0.2, 0.25) is 10.0 Å². The lowest BCUT2D eigenvalue weighted by molar-refractivity contribution is 0.938. The third-order valence-corrected chi connectivity index (χ3v) is 1.98. The minimum absolute atomic E-state index is 0.632. The van der Waals surface area contributed by atoms with Crippen molar-refractivity contribution in [1.29, 1.82) is 0 Å². The van der Waals surface area contributed by atoms with Crippen molar-refractivity contribution in [2.75, 3.05) is 13.6 Å². The zero-order valence-corrected chi connectivity index (χ0v) is 8.71. The monoisotopic (exact) mass is 213 g/mol. The van der Waals surface area contributed by atoms with E-state index in [4.69, 9.17) is 23.2 Å². The fraction of sp³-hybridized carbons (Fsp3) is 0.200. The number of benzene rings is 1. The Kier molecular flexibility index (Phi) is 4.11. The van der Waals surface area contributed by atoms with Gasteiger partial charge >= 0.3 is 0 Å². The molecular weight excluding hydrogens is 205 g/mol. The van der Waals surface area contributed by atoms with E-state index in [0.29, 0.717) is 16.6 Å². The largest absolute Gasteiger partial charge is 0.309 e. The van der Waals surface area contributed by atoms with Gasteiger partial charge in [0.25, 0.3) is 0 Å². The van der Waals surface area contributed by atoms with E-state index in [-0.39, 0.29) is 0 Å². The standard InChI is InChI=1S/C10H9Cl2N/c1-13-6-2-3-8-7-9(11)4-5-10(8)12/h4-5,7,13H,6H2,1H3. The topological polar surface area (TPSA) is 12.0 Å². The molecule has 13 heavy (non-hydrogen) atoms. The van der Waals surface area contributed by atoms with E-state index in [0.717, 1.165) is 5.56 Å². The van der Waals surface area contributed by atoms with E-state index in [1.807, 2.05) is 7.05 Å². The Bertz CT molecular complexity index is 350. The van der Waals surface area contributed by atoms with Crippen LogP contribution in [0.15, 0.2) is 18.2 Å². The number of nitrogens with one attached hydrogen (secondary N) is 1. The average molecular weight is 214 g/mol. The van der Waals surface area contributed by atoms with Crippen LogP contribution in [0, 0.1) is 11.8 Å². The lowest BCUT2D eigenvalue weighted by Gasteiger charge is -1.95. The van der Waals surface area contributed by atoms with Crippen molar-refractivity contribution in [1.82, 2.24) is 5.32 Å². The summed E-state index contributed by atoms with van der Waals surface area (Å²) in [6.07, 6.45) is 0. The Labute approximate surface area is 88.0 Å². The van der Waals surface area contributed by atoms with Gasteiger partial charge in [0.2, 0.25) is 0 Å². The first-order chi connectivity index (χ1) is 6.24. The number of hydrogen-bond donors (Lipinski definition) is 1. The third-order valence-electron chi connectivity index (χ3n) is 1.42. The van der Waals surface area contributed by atoms with Gasteiger partial charge in [-0.25, -0.2) is 0 Å². The van der Waals surface area contributed by atoms with E-state index in [9.17, 15) is 0 Å². The molecule has 0 aliphatic heterocycles. The summed E-state index contributed by atoms with van der Waals surface area (Å²) in [7, 11) is 1.84. The van der Waals surface area contributed by atoms with Gasteiger partial charge in [-0.1, -0.05) is 35.0 Å². The summed E-state index contributed by atoms with van der Waals surface area (Å²) in [5.74, 6) is 5.84. The molecule has 0 aliphatic carbocycles. The van der Waals surface area contributed by atoms with Gasteiger partial charge in [0.1, 0.15) is 0 Å². The SMILES string of the molecule is CNCC#Cc1cc(Cl)ccc1Cl. The van der Waals surface area contributed by atoms with Crippen LogP contribution in [0.25, 0.3) is 0 Å². The van der Waals surface area contributed by atoms with Crippen molar-refractivity contribution in [3.63, 3.8) is 0 Å². The zero-order valence-electron chi connectivity index (χ0n) is 7.20. The van der Waals surface area contributed by atoms with Crippen LogP contribution < -0.4 is 5.32 Å². The Morgan fingerprint density at radius 1 is 1.38 bits per heavy atom. The Balaban J connectivity index is 2.89. The smallest absolute Gasteiger partial charge is 0.0577 e. The highest BCUT2D eigenvalue weighted by Crippen LogP contribution is 2.19. The molecule has 0 aromatic heterocycles. The zero-order chi connectivity index (χ0) is 9.68. The van der Waals surface area contributed by atoms with Crippen LogP contribution in [-0.4, -0.2) is 13.6 Å². The highest BCUT2D eigenvalue weighted by molar-refractivity contribution is 6.33. The minimum atomic E-state index is 0.632. The molecule has 0 aliphatic rings. The van der Waals surface area contributed by atoms with E-state index in [1.165, 1.54) is 0 Å². The fourth-order valence-electron chi connectivity index (χ4n) is 0.821. The van der Waals surface area contributed by atoms with E-state index >= 15 is 0 Å². The van der Waals surface area contributed by atoms with Crippen molar-refractivity contribution in [3.05, 3.63) is 33.8 Å². The summed E-state index contributed by atoms with van der Waals surface area (Å²) in [6, 6.07) is 5.24. The molecule has 0 saturated heterocycles. The summed E-state index contributed by atoms with van der Waals surface area (Å²) < 4.78 is 0. The van der Waals surface area contributed by atoms with Crippen molar-refractivity contribution in [2.24, 2.45) is 0 Å². The van der Waals surface area contributed by atoms with Gasteiger partial charge in [0.05, 0.1) is 11.6 Å². The summed E-state index contributed by atoms with van der Waals surface area (Å²) in [6.45, 7) is 0.642. The molecule has 1 nitrogen and oxygen atoms in total. The summed E-state index contributed by atoms with van der Waals surface area (Å²) in [5.41, 5.74) is 0.768. The summed E-state index contributed by atoms with van der Waals surface area (Å²) in [4.78, 5) is 0. The van der Waals surface area contributed by atoms with E-state index in [2.05, 4.69) is 17.2 Å². The van der Waals surface area contributed by atoms with Crippen LogP contribution in [0.5, 0.6) is 0 Å². The van der Waals surface area contributed by atoms with Gasteiger partial charge in [0, 0.05) is 10.6 Å². The molecule has 0 atom stereocenters. The normalized spacial score (nSPS) is 9.15. The van der Waals surface area contributed by atoms with Gasteiger partial charge in [-0.2, -0.15) is 0 Å². The van der Waals surface area contributed by atoms with Crippen LogP contribution in [0.3, 0.4) is 0 Å². The molecule has 0 amide bonds. The molecule has 1 rings (SSSR count). The molecule has 0 heterocycles. The second-order valence-electron chi connectivity index (χ2n) is 2.46. The third kappa shape index (κ3) is 3.28. The molecule has 1 N–H and O–H groups in total. The van der Waals surface area contributed by atoms with Crippen LogP contribution in [-0.2, 0) is 0 Å². The van der Waals surface area contributed by atoms with Gasteiger partial charge < -0.3 is 5.32 Å². The van der Waals surface area contributed by atoms with Gasteiger partial charge in [-0.15, -0.1) is 0 Å². The highest BCUT2D eigenvalue weighted by atomic mass is 35.5. The maximum Gasteiger partial charge on any atom is 0.0577 e. The maximum atomic E-state index is 5.89. The van der Waals surface area contributed by atoms with Crippen LogP contribution in [0.1, 0.15) is 5.56 Å². The molecule has 0 spiro atoms. The predicted molar refractivity (Wildman–Crippen MR) is 57.3 cm³/mol. The number of halogens is 2. The molecule has 1 aromatic rings. The van der Waals surface area contributed by atoms with Crippen molar-refractivity contribution < 1.29 is 0 Å². The Hall–Kier alpha value is -0.680. The lowest BCUT2D eigenvalue weighted by atomic mass is 10.2. The van der Waals surface area contributed by atoms with Crippen LogP contribution in [0.4, 0.5) is 0 Å². The molecule has 0 saturated carbocycles. The molecule has 3 heteroatoms. The van der Waals surface area contributed by atoms with E-state index < -0.39 is 0 Å². The number of rotatable bonds is 1. The molecule has 1 aromatic carbocycles. The van der Waals surface area contributed by atoms with E-state index in [1.54, 1.807) is 18.2 Å². The minimum Gasteiger partial charge on any atom is -0.309 e. The second-order valence-corrected chi connectivity index (χ2v) is 3.30.